The van der Waals surface area contributed by atoms with Gasteiger partial charge in [0.1, 0.15) is 18.1 Å². The summed E-state index contributed by atoms with van der Waals surface area (Å²) in [6.07, 6.45) is 2.40. The summed E-state index contributed by atoms with van der Waals surface area (Å²) in [6.45, 7) is 1.88. The molecule has 4 aromatic rings. The number of amides is 5. The third kappa shape index (κ3) is 12.8. The van der Waals surface area contributed by atoms with E-state index in [1.54, 1.807) is 36.4 Å². The second kappa shape index (κ2) is 20.6. The number of fused-ring (bicyclic) bond motifs is 1. The molecule has 0 heterocycles. The Hall–Kier alpha value is -6.24. The van der Waals surface area contributed by atoms with Crippen molar-refractivity contribution < 1.29 is 24.0 Å². The van der Waals surface area contributed by atoms with Gasteiger partial charge in [0.2, 0.25) is 23.6 Å². The highest BCUT2D eigenvalue weighted by Gasteiger charge is 2.30. The van der Waals surface area contributed by atoms with Crippen LogP contribution in [0.3, 0.4) is 0 Å². The molecule has 4 aromatic carbocycles. The first-order chi connectivity index (χ1) is 25.6. The molecule has 278 valence electrons. The second-order valence-electron chi connectivity index (χ2n) is 12.6. The number of hydrogen-bond donors (Lipinski definition) is 8. The summed E-state index contributed by atoms with van der Waals surface area (Å²) >= 11 is 0. The first kappa shape index (κ1) is 39.5. The number of nitrogens with two attached hydrogens (primary N) is 1. The van der Waals surface area contributed by atoms with Gasteiger partial charge in [-0.05, 0) is 48.4 Å². The first-order valence-electron chi connectivity index (χ1n) is 17.8. The third-order valence-electron chi connectivity index (χ3n) is 8.52. The van der Waals surface area contributed by atoms with Crippen LogP contribution >= 0.6 is 0 Å². The van der Waals surface area contributed by atoms with E-state index in [9.17, 15) is 24.0 Å². The van der Waals surface area contributed by atoms with Crippen molar-refractivity contribution in [1.29, 1.82) is 5.41 Å². The molecule has 13 nitrogen and oxygen atoms in total. The van der Waals surface area contributed by atoms with Gasteiger partial charge in [-0.1, -0.05) is 105 Å². The topological polar surface area (TPSA) is 207 Å². The zero-order valence-electron chi connectivity index (χ0n) is 29.8. The predicted octanol–water partition coefficient (Wildman–Crippen LogP) is 3.36. The van der Waals surface area contributed by atoms with Gasteiger partial charge in [0.15, 0.2) is 5.96 Å². The van der Waals surface area contributed by atoms with Gasteiger partial charge >= 0.3 is 0 Å². The highest BCUT2D eigenvalue weighted by atomic mass is 16.2. The summed E-state index contributed by atoms with van der Waals surface area (Å²) in [4.78, 5) is 67.2. The van der Waals surface area contributed by atoms with Crippen molar-refractivity contribution in [2.75, 3.05) is 18.4 Å². The first-order valence-corrected chi connectivity index (χ1v) is 17.8. The highest BCUT2D eigenvalue weighted by molar-refractivity contribution is 6.04. The minimum atomic E-state index is -1.11. The maximum Gasteiger partial charge on any atom is 0.251 e. The summed E-state index contributed by atoms with van der Waals surface area (Å²) in [5, 5.41) is 25.8. The predicted molar refractivity (Wildman–Crippen MR) is 206 cm³/mol. The van der Waals surface area contributed by atoms with Gasteiger partial charge in [-0.15, -0.1) is 0 Å². The Bertz CT molecular complexity index is 1850. The molecule has 0 aliphatic carbocycles. The number of hydrogen-bond acceptors (Lipinski definition) is 6. The number of rotatable bonds is 19. The fourth-order valence-corrected chi connectivity index (χ4v) is 5.73. The van der Waals surface area contributed by atoms with Crippen LogP contribution in [0.25, 0.3) is 10.8 Å². The Balaban J connectivity index is 1.48. The Morgan fingerprint density at radius 1 is 0.660 bits per heavy atom. The van der Waals surface area contributed by atoms with Crippen LogP contribution in [-0.2, 0) is 25.6 Å². The number of carbonyl (C=O) groups is 5. The van der Waals surface area contributed by atoms with E-state index < -0.39 is 47.7 Å². The van der Waals surface area contributed by atoms with E-state index in [1.807, 2.05) is 73.7 Å². The second-order valence-corrected chi connectivity index (χ2v) is 12.6. The lowest BCUT2D eigenvalue weighted by atomic mass is 10.0. The molecule has 53 heavy (non-hydrogen) atoms. The highest BCUT2D eigenvalue weighted by Crippen LogP contribution is 2.22. The van der Waals surface area contributed by atoms with E-state index in [2.05, 4.69) is 31.9 Å². The fourth-order valence-electron chi connectivity index (χ4n) is 5.73. The standard InChI is InChI=1S/C40H48N8O5/c1-2-3-21-33(46-36(50)29-17-8-5-9-18-29)38(52)48-34(25-27-14-6-4-7-15-27)39(53)47-32(23-13-24-43-40(41)42)37(51)44-26-35(49)45-31-22-12-19-28-16-10-11-20-30(28)31/h4-12,14-20,22,32-34H,2-3,13,21,23-26H2,1H3,(H,44,51)(H,45,49)(H,46,50)(H,47,53)(H,48,52)(H4,41,42,43)/t32-,33-,34+/m0/s1. The summed E-state index contributed by atoms with van der Waals surface area (Å²) in [7, 11) is 0. The van der Waals surface area contributed by atoms with Crippen LogP contribution in [0.15, 0.2) is 103 Å². The molecule has 0 fully saturated rings. The third-order valence-corrected chi connectivity index (χ3v) is 8.52. The summed E-state index contributed by atoms with van der Waals surface area (Å²) in [5.41, 5.74) is 7.18. The van der Waals surface area contributed by atoms with Crippen molar-refractivity contribution in [3.63, 3.8) is 0 Å². The van der Waals surface area contributed by atoms with E-state index >= 15 is 0 Å². The van der Waals surface area contributed by atoms with Gasteiger partial charge in [-0.25, -0.2) is 0 Å². The molecule has 0 saturated carbocycles. The zero-order chi connectivity index (χ0) is 38.0. The summed E-state index contributed by atoms with van der Waals surface area (Å²) in [6, 6.07) is 27.7. The molecule has 0 unspecified atom stereocenters. The van der Waals surface area contributed by atoms with Gasteiger partial charge in [0.05, 0.1) is 6.54 Å². The molecule has 4 rings (SSSR count). The number of benzene rings is 4. The molecule has 13 heteroatoms. The maximum absolute atomic E-state index is 14.0. The number of nitrogens with one attached hydrogen (secondary N) is 7. The number of unbranched alkanes of at least 4 members (excludes halogenated alkanes) is 1. The van der Waals surface area contributed by atoms with Crippen LogP contribution in [-0.4, -0.2) is 66.7 Å². The molecular formula is C40H48N8O5. The Labute approximate surface area is 309 Å². The summed E-state index contributed by atoms with van der Waals surface area (Å²) < 4.78 is 0. The Kier molecular flexibility index (Phi) is 15.3. The molecular weight excluding hydrogens is 672 g/mol. The van der Waals surface area contributed by atoms with E-state index in [0.717, 1.165) is 22.8 Å². The normalized spacial score (nSPS) is 12.4. The summed E-state index contributed by atoms with van der Waals surface area (Å²) in [5.74, 6) is -2.85. The fraction of sp³-hybridized carbons (Fsp3) is 0.300. The lowest BCUT2D eigenvalue weighted by Crippen LogP contribution is -2.57. The zero-order valence-corrected chi connectivity index (χ0v) is 29.8. The van der Waals surface area contributed by atoms with Gasteiger partial charge in [0.25, 0.3) is 5.91 Å². The van der Waals surface area contributed by atoms with Crippen LogP contribution in [0.1, 0.15) is 54.9 Å². The molecule has 0 aliphatic rings. The molecule has 0 bridgehead atoms. The number of carbonyl (C=O) groups excluding carboxylic acids is 5. The Morgan fingerprint density at radius 3 is 1.98 bits per heavy atom. The van der Waals surface area contributed by atoms with Crippen molar-refractivity contribution in [1.82, 2.24) is 26.6 Å². The van der Waals surface area contributed by atoms with E-state index in [-0.39, 0.29) is 31.9 Å². The van der Waals surface area contributed by atoms with Gasteiger partial charge in [-0.2, -0.15) is 0 Å². The van der Waals surface area contributed by atoms with Crippen molar-refractivity contribution >= 4 is 52.0 Å². The van der Waals surface area contributed by atoms with E-state index in [1.165, 1.54) is 0 Å². The quantitative estimate of drug-likeness (QED) is 0.0411. The monoisotopic (exact) mass is 720 g/mol. The minimum Gasteiger partial charge on any atom is -0.370 e. The van der Waals surface area contributed by atoms with Crippen LogP contribution in [0.4, 0.5) is 5.69 Å². The maximum atomic E-state index is 14.0. The molecule has 0 aliphatic heterocycles. The molecule has 9 N–H and O–H groups in total. The molecule has 0 radical (unpaired) electrons. The lowest BCUT2D eigenvalue weighted by molar-refractivity contribution is -0.133. The van der Waals surface area contributed by atoms with Gasteiger partial charge in [-0.3, -0.25) is 29.4 Å². The van der Waals surface area contributed by atoms with Crippen LogP contribution < -0.4 is 37.6 Å². The minimum absolute atomic E-state index is 0.110. The molecule has 0 saturated heterocycles. The molecule has 0 aromatic heterocycles. The number of guanidine groups is 1. The average molecular weight is 721 g/mol. The van der Waals surface area contributed by atoms with E-state index in [4.69, 9.17) is 11.1 Å². The largest absolute Gasteiger partial charge is 0.370 e. The van der Waals surface area contributed by atoms with Gasteiger partial charge < -0.3 is 37.6 Å². The molecule has 3 atom stereocenters. The van der Waals surface area contributed by atoms with Crippen molar-refractivity contribution in [2.24, 2.45) is 5.73 Å². The van der Waals surface area contributed by atoms with Crippen molar-refractivity contribution in [2.45, 2.75) is 63.6 Å². The van der Waals surface area contributed by atoms with Crippen molar-refractivity contribution in [3.8, 4) is 0 Å². The Morgan fingerprint density at radius 2 is 1.26 bits per heavy atom. The molecule has 5 amide bonds. The average Bonchev–Trinajstić information content (AvgIpc) is 3.17. The number of anilines is 1. The smallest absolute Gasteiger partial charge is 0.251 e. The van der Waals surface area contributed by atoms with Crippen molar-refractivity contribution in [3.05, 3.63) is 114 Å². The van der Waals surface area contributed by atoms with Crippen LogP contribution in [0.2, 0.25) is 0 Å². The van der Waals surface area contributed by atoms with Crippen LogP contribution in [0, 0.1) is 5.41 Å². The molecule has 0 spiro atoms. The van der Waals surface area contributed by atoms with Gasteiger partial charge in [0, 0.05) is 29.6 Å². The lowest BCUT2D eigenvalue weighted by Gasteiger charge is -2.26. The van der Waals surface area contributed by atoms with E-state index in [0.29, 0.717) is 30.5 Å². The van der Waals surface area contributed by atoms with Crippen LogP contribution in [0.5, 0.6) is 0 Å². The SMILES string of the molecule is CCCC[C@H](NC(=O)c1ccccc1)C(=O)N[C@H](Cc1ccccc1)C(=O)N[C@@H](CCCNC(=N)N)C(=O)NCC(=O)Nc1cccc2ccccc12.